The van der Waals surface area contributed by atoms with Crippen LogP contribution in [0.4, 0.5) is 0 Å². The Morgan fingerprint density at radius 2 is 1.24 bits per heavy atom. The van der Waals surface area contributed by atoms with Crippen LogP contribution in [0.15, 0.2) is 12.2 Å². The first-order chi connectivity index (χ1) is 12.0. The Balaban J connectivity index is 5.21. The fraction of sp³-hybridized carbons (Fsp3) is 0.800. The molecule has 0 aliphatic heterocycles. The summed E-state index contributed by atoms with van der Waals surface area (Å²) >= 11 is -2.27. The Morgan fingerprint density at radius 3 is 1.56 bits per heavy atom. The summed E-state index contributed by atoms with van der Waals surface area (Å²) in [6, 6.07) is 0. The van der Waals surface area contributed by atoms with Crippen molar-refractivity contribution >= 4 is 30.3 Å². The molecule has 0 aromatic rings. The van der Waals surface area contributed by atoms with Crippen molar-refractivity contribution in [2.75, 3.05) is 14.2 Å². The number of rotatable bonds is 14. The van der Waals surface area contributed by atoms with E-state index in [1.54, 1.807) is 6.08 Å². The van der Waals surface area contributed by atoms with Gasteiger partial charge in [-0.05, 0) is 0 Å². The Bertz CT molecular complexity index is 369. The van der Waals surface area contributed by atoms with E-state index in [0.717, 1.165) is 4.44 Å². The Morgan fingerprint density at radius 1 is 0.840 bits per heavy atom. The molecule has 0 aromatic heterocycles. The monoisotopic (exact) mass is 462 g/mol. The van der Waals surface area contributed by atoms with Gasteiger partial charge in [0.2, 0.25) is 0 Å². The van der Waals surface area contributed by atoms with Crippen LogP contribution in [0.3, 0.4) is 0 Å². The number of unbranched alkanes of at least 4 members (excludes halogenated alkanes) is 3. The molecule has 0 aromatic carbocycles. The van der Waals surface area contributed by atoms with Gasteiger partial charge in [-0.3, -0.25) is 0 Å². The molecule has 0 rings (SSSR count). The molecule has 0 radical (unpaired) electrons. The predicted octanol–water partition coefficient (Wildman–Crippen LogP) is 5.35. The zero-order valence-corrected chi connectivity index (χ0v) is 19.8. The number of esters is 2. The molecule has 5 heteroatoms. The van der Waals surface area contributed by atoms with Crippen LogP contribution in [-0.2, 0) is 19.1 Å². The predicted molar refractivity (Wildman–Crippen MR) is 106 cm³/mol. The van der Waals surface area contributed by atoms with Crippen molar-refractivity contribution < 1.29 is 19.1 Å². The molecule has 0 aliphatic carbocycles. The summed E-state index contributed by atoms with van der Waals surface area (Å²) in [5, 5.41) is 0. The molecule has 0 aliphatic rings. The zero-order chi connectivity index (χ0) is 19.1. The van der Waals surface area contributed by atoms with Crippen LogP contribution < -0.4 is 0 Å². The third-order valence-electron chi connectivity index (χ3n) is 4.97. The van der Waals surface area contributed by atoms with Gasteiger partial charge in [-0.15, -0.1) is 0 Å². The molecule has 0 atom stereocenters. The van der Waals surface area contributed by atoms with Crippen LogP contribution in [0, 0.1) is 5.92 Å². The van der Waals surface area contributed by atoms with Crippen molar-refractivity contribution in [3.8, 4) is 0 Å². The number of carbonyl (C=O) groups is 2. The third-order valence-corrected chi connectivity index (χ3v) is 20.2. The molecule has 0 saturated carbocycles. The van der Waals surface area contributed by atoms with Crippen LogP contribution in [-0.4, -0.2) is 44.5 Å². The average Bonchev–Trinajstić information content (AvgIpc) is 2.64. The quantitative estimate of drug-likeness (QED) is 0.151. The first-order valence-electron chi connectivity index (χ1n) is 9.82. The second kappa shape index (κ2) is 14.6. The van der Waals surface area contributed by atoms with Crippen molar-refractivity contribution in [2.24, 2.45) is 5.92 Å². The number of hydrogen-bond donors (Lipinski definition) is 0. The van der Waals surface area contributed by atoms with E-state index >= 15 is 0 Å². The SMILES string of the molecule is CCC[CH2][Sn]([CH2]/C=C/C(C(=O)OC)C(=O)OC)([CH2]CCC)[CH2]CCC. The molecular formula is C20H38O4Sn. The summed E-state index contributed by atoms with van der Waals surface area (Å²) in [5.41, 5.74) is 0. The Hall–Kier alpha value is -0.521. The number of carbonyl (C=O) groups excluding carboxylic acids is 2. The Labute approximate surface area is 158 Å². The summed E-state index contributed by atoms with van der Waals surface area (Å²) in [6.07, 6.45) is 11.5. The molecule has 0 fully saturated rings. The van der Waals surface area contributed by atoms with E-state index < -0.39 is 36.2 Å². The van der Waals surface area contributed by atoms with E-state index in [1.807, 2.05) is 0 Å². The van der Waals surface area contributed by atoms with Crippen molar-refractivity contribution in [3.05, 3.63) is 12.2 Å². The van der Waals surface area contributed by atoms with Gasteiger partial charge in [-0.1, -0.05) is 0 Å². The standard InChI is InChI=1S/C8H11O4.3C4H9.Sn/c1-4-5-6(7(9)11-2)8(10)12-3;3*1-3-4-2;/h4-6H,1H2,2-3H3;3*1,3-4H2,2H3;/b5-4+;;;;. The molecule has 0 spiro atoms. The molecular weight excluding hydrogens is 423 g/mol. The summed E-state index contributed by atoms with van der Waals surface area (Å²) in [6.45, 7) is 6.78. The van der Waals surface area contributed by atoms with Gasteiger partial charge in [0.1, 0.15) is 0 Å². The van der Waals surface area contributed by atoms with Gasteiger partial charge >= 0.3 is 159 Å². The van der Waals surface area contributed by atoms with Gasteiger partial charge in [-0.25, -0.2) is 0 Å². The van der Waals surface area contributed by atoms with Crippen LogP contribution in [0.2, 0.25) is 17.7 Å². The minimum atomic E-state index is -2.27. The zero-order valence-electron chi connectivity index (χ0n) is 16.9. The van der Waals surface area contributed by atoms with Crippen molar-refractivity contribution in [1.82, 2.24) is 0 Å². The summed E-state index contributed by atoms with van der Waals surface area (Å²) < 4.78 is 14.8. The third kappa shape index (κ3) is 9.66. The van der Waals surface area contributed by atoms with Gasteiger partial charge < -0.3 is 0 Å². The molecule has 4 nitrogen and oxygen atoms in total. The van der Waals surface area contributed by atoms with E-state index in [2.05, 4.69) is 26.8 Å². The molecule has 25 heavy (non-hydrogen) atoms. The Kier molecular flexibility index (Phi) is 14.3. The van der Waals surface area contributed by atoms with E-state index in [1.165, 1.54) is 66.1 Å². The first kappa shape index (κ1) is 24.5. The maximum absolute atomic E-state index is 11.8. The summed E-state index contributed by atoms with van der Waals surface area (Å²) in [4.78, 5) is 23.7. The second-order valence-corrected chi connectivity index (χ2v) is 21.0. The molecule has 0 amide bonds. The van der Waals surface area contributed by atoms with Gasteiger partial charge in [0.25, 0.3) is 0 Å². The molecule has 0 unspecified atom stereocenters. The number of hydrogen-bond acceptors (Lipinski definition) is 4. The van der Waals surface area contributed by atoms with Crippen molar-refractivity contribution in [2.45, 2.75) is 77.0 Å². The fourth-order valence-electron chi connectivity index (χ4n) is 3.30. The number of ether oxygens (including phenoxy) is 2. The molecule has 0 saturated heterocycles. The fourth-order valence-corrected chi connectivity index (χ4v) is 18.5. The average molecular weight is 461 g/mol. The van der Waals surface area contributed by atoms with Gasteiger partial charge in [-0.2, -0.15) is 0 Å². The molecule has 0 N–H and O–H groups in total. The maximum atomic E-state index is 11.8. The number of methoxy groups -OCH3 is 2. The molecule has 0 bridgehead atoms. The molecule has 0 heterocycles. The van der Waals surface area contributed by atoms with E-state index in [0.29, 0.717) is 0 Å². The number of allylic oxidation sites excluding steroid dienone is 1. The van der Waals surface area contributed by atoms with Crippen LogP contribution in [0.1, 0.15) is 59.3 Å². The topological polar surface area (TPSA) is 52.6 Å². The van der Waals surface area contributed by atoms with E-state index in [9.17, 15) is 9.59 Å². The van der Waals surface area contributed by atoms with E-state index in [4.69, 9.17) is 9.47 Å². The van der Waals surface area contributed by atoms with Crippen LogP contribution in [0.25, 0.3) is 0 Å². The van der Waals surface area contributed by atoms with Gasteiger partial charge in [0.15, 0.2) is 0 Å². The minimum absolute atomic E-state index is 0.542. The molecule has 146 valence electrons. The van der Waals surface area contributed by atoms with Crippen LogP contribution >= 0.6 is 0 Å². The summed E-state index contributed by atoms with van der Waals surface area (Å²) in [5.74, 6) is -2.01. The first-order valence-corrected chi connectivity index (χ1v) is 17.9. The second-order valence-electron chi connectivity index (χ2n) is 6.97. The normalized spacial score (nSPS) is 11.9. The van der Waals surface area contributed by atoms with Gasteiger partial charge in [0, 0.05) is 0 Å². The van der Waals surface area contributed by atoms with Crippen molar-refractivity contribution in [1.29, 1.82) is 0 Å². The van der Waals surface area contributed by atoms with Crippen molar-refractivity contribution in [3.63, 3.8) is 0 Å². The van der Waals surface area contributed by atoms with Gasteiger partial charge in [0.05, 0.1) is 0 Å². The van der Waals surface area contributed by atoms with E-state index in [-0.39, 0.29) is 0 Å². The summed E-state index contributed by atoms with van der Waals surface area (Å²) in [7, 11) is 2.61. The van der Waals surface area contributed by atoms with Crippen LogP contribution in [0.5, 0.6) is 0 Å².